The van der Waals surface area contributed by atoms with Gasteiger partial charge in [0, 0.05) is 24.6 Å². The number of rotatable bonds is 2. The van der Waals surface area contributed by atoms with E-state index >= 15 is 0 Å². The van der Waals surface area contributed by atoms with Crippen LogP contribution in [0.5, 0.6) is 0 Å². The molecule has 0 spiro atoms. The van der Waals surface area contributed by atoms with Gasteiger partial charge >= 0.3 is 0 Å². The van der Waals surface area contributed by atoms with Gasteiger partial charge in [0.2, 0.25) is 0 Å². The van der Waals surface area contributed by atoms with Crippen molar-refractivity contribution < 1.29 is 4.92 Å². The second-order valence-electron chi connectivity index (χ2n) is 3.56. The fourth-order valence-corrected chi connectivity index (χ4v) is 1.75. The standard InChI is InChI=1S/C11H12N2O2/c14-13(15)11-3-1-2-10(8-11)9-4-6-12-7-5-9/h1-4,6,8-9,12H,5,7H2. The minimum absolute atomic E-state index is 0.166. The van der Waals surface area contributed by atoms with Crippen LogP contribution in [0, 0.1) is 10.1 Å². The summed E-state index contributed by atoms with van der Waals surface area (Å²) in [5.74, 6) is 0.297. The number of nitro groups is 1. The molecule has 0 radical (unpaired) electrons. The van der Waals surface area contributed by atoms with Crippen LogP contribution in [0.2, 0.25) is 0 Å². The Morgan fingerprint density at radius 3 is 3.00 bits per heavy atom. The van der Waals surface area contributed by atoms with Crippen LogP contribution in [0.3, 0.4) is 0 Å². The summed E-state index contributed by atoms with van der Waals surface area (Å²) in [7, 11) is 0. The number of hydrogen-bond donors (Lipinski definition) is 1. The number of nitrogens with zero attached hydrogens (tertiary/aromatic N) is 1. The molecular formula is C11H12N2O2. The molecule has 0 saturated carbocycles. The molecule has 1 aliphatic heterocycles. The Morgan fingerprint density at radius 1 is 1.47 bits per heavy atom. The SMILES string of the molecule is O=[N+]([O-])c1cccc(C2C=CNCC2)c1. The van der Waals surface area contributed by atoms with Crippen molar-refractivity contribution in [1.29, 1.82) is 0 Å². The summed E-state index contributed by atoms with van der Waals surface area (Å²) in [5, 5.41) is 13.7. The summed E-state index contributed by atoms with van der Waals surface area (Å²) < 4.78 is 0. The molecule has 1 heterocycles. The topological polar surface area (TPSA) is 55.2 Å². The lowest BCUT2D eigenvalue weighted by atomic mass is 9.94. The second-order valence-corrected chi connectivity index (χ2v) is 3.56. The van der Waals surface area contributed by atoms with Gasteiger partial charge in [-0.1, -0.05) is 18.2 Å². The van der Waals surface area contributed by atoms with E-state index in [1.54, 1.807) is 12.1 Å². The zero-order valence-electron chi connectivity index (χ0n) is 8.22. The van der Waals surface area contributed by atoms with Crippen molar-refractivity contribution in [3.63, 3.8) is 0 Å². The third-order valence-electron chi connectivity index (χ3n) is 2.56. The van der Waals surface area contributed by atoms with Gasteiger partial charge in [-0.2, -0.15) is 0 Å². The highest BCUT2D eigenvalue weighted by Gasteiger charge is 2.13. The molecule has 0 bridgehead atoms. The van der Waals surface area contributed by atoms with Gasteiger partial charge in [0.15, 0.2) is 0 Å². The van der Waals surface area contributed by atoms with Crippen LogP contribution in [0.4, 0.5) is 5.69 Å². The van der Waals surface area contributed by atoms with Crippen molar-refractivity contribution in [1.82, 2.24) is 5.32 Å². The third kappa shape index (κ3) is 2.15. The van der Waals surface area contributed by atoms with Crippen LogP contribution < -0.4 is 5.32 Å². The smallest absolute Gasteiger partial charge is 0.269 e. The maximum atomic E-state index is 10.6. The van der Waals surface area contributed by atoms with Gasteiger partial charge < -0.3 is 5.32 Å². The summed E-state index contributed by atoms with van der Waals surface area (Å²) >= 11 is 0. The van der Waals surface area contributed by atoms with E-state index in [2.05, 4.69) is 5.32 Å². The first kappa shape index (κ1) is 9.71. The van der Waals surface area contributed by atoms with Gasteiger partial charge in [-0.25, -0.2) is 0 Å². The third-order valence-corrected chi connectivity index (χ3v) is 2.56. The van der Waals surface area contributed by atoms with Crippen molar-refractivity contribution in [3.8, 4) is 0 Å². The Balaban J connectivity index is 2.27. The molecule has 1 N–H and O–H groups in total. The molecule has 4 nitrogen and oxygen atoms in total. The molecule has 0 aromatic heterocycles. The summed E-state index contributed by atoms with van der Waals surface area (Å²) in [6.07, 6.45) is 4.94. The molecule has 2 rings (SSSR count). The van der Waals surface area contributed by atoms with E-state index < -0.39 is 0 Å². The largest absolute Gasteiger partial charge is 0.391 e. The average Bonchev–Trinajstić information content (AvgIpc) is 2.30. The van der Waals surface area contributed by atoms with Crippen LogP contribution in [-0.4, -0.2) is 11.5 Å². The minimum atomic E-state index is -0.353. The van der Waals surface area contributed by atoms with E-state index in [4.69, 9.17) is 0 Å². The maximum absolute atomic E-state index is 10.6. The van der Waals surface area contributed by atoms with E-state index in [9.17, 15) is 10.1 Å². The number of hydrogen-bond acceptors (Lipinski definition) is 3. The first-order valence-corrected chi connectivity index (χ1v) is 4.92. The van der Waals surface area contributed by atoms with E-state index in [0.29, 0.717) is 5.92 Å². The second kappa shape index (κ2) is 4.13. The van der Waals surface area contributed by atoms with E-state index in [0.717, 1.165) is 18.5 Å². The van der Waals surface area contributed by atoms with Gasteiger partial charge in [-0.05, 0) is 18.2 Å². The van der Waals surface area contributed by atoms with Gasteiger partial charge in [0.05, 0.1) is 4.92 Å². The normalized spacial score (nSPS) is 19.6. The monoisotopic (exact) mass is 204 g/mol. The van der Waals surface area contributed by atoms with Crippen LogP contribution in [0.25, 0.3) is 0 Å². The van der Waals surface area contributed by atoms with Gasteiger partial charge in [-0.3, -0.25) is 10.1 Å². The molecule has 1 unspecified atom stereocenters. The van der Waals surface area contributed by atoms with Crippen LogP contribution in [0.15, 0.2) is 36.5 Å². The number of benzene rings is 1. The lowest BCUT2D eigenvalue weighted by molar-refractivity contribution is -0.384. The van der Waals surface area contributed by atoms with Crippen molar-refractivity contribution >= 4 is 5.69 Å². The first-order chi connectivity index (χ1) is 7.27. The molecule has 4 heteroatoms. The van der Waals surface area contributed by atoms with Crippen LogP contribution in [0.1, 0.15) is 17.9 Å². The Labute approximate surface area is 87.8 Å². The highest BCUT2D eigenvalue weighted by molar-refractivity contribution is 5.37. The molecular weight excluding hydrogens is 192 g/mol. The van der Waals surface area contributed by atoms with Crippen molar-refractivity contribution in [2.75, 3.05) is 6.54 Å². The molecule has 15 heavy (non-hydrogen) atoms. The average molecular weight is 204 g/mol. The Kier molecular flexibility index (Phi) is 2.67. The van der Waals surface area contributed by atoms with E-state index in [1.165, 1.54) is 6.07 Å². The van der Waals surface area contributed by atoms with E-state index in [1.807, 2.05) is 18.3 Å². The summed E-state index contributed by atoms with van der Waals surface area (Å²) in [4.78, 5) is 10.3. The lowest BCUT2D eigenvalue weighted by Crippen LogP contribution is -2.16. The van der Waals surface area contributed by atoms with Crippen molar-refractivity contribution in [2.24, 2.45) is 0 Å². The van der Waals surface area contributed by atoms with Crippen LogP contribution in [-0.2, 0) is 0 Å². The molecule has 0 fully saturated rings. The molecule has 0 amide bonds. The van der Waals surface area contributed by atoms with Crippen molar-refractivity contribution in [2.45, 2.75) is 12.3 Å². The predicted octanol–water partition coefficient (Wildman–Crippen LogP) is 2.19. The molecule has 78 valence electrons. The zero-order chi connectivity index (χ0) is 10.7. The molecule has 1 aromatic carbocycles. The lowest BCUT2D eigenvalue weighted by Gasteiger charge is -2.17. The number of allylic oxidation sites excluding steroid dienone is 1. The number of nitrogens with one attached hydrogen (secondary N) is 1. The number of nitro benzene ring substituents is 1. The van der Waals surface area contributed by atoms with Crippen molar-refractivity contribution in [3.05, 3.63) is 52.2 Å². The first-order valence-electron chi connectivity index (χ1n) is 4.92. The van der Waals surface area contributed by atoms with Gasteiger partial charge in [-0.15, -0.1) is 0 Å². The minimum Gasteiger partial charge on any atom is -0.391 e. The fraction of sp³-hybridized carbons (Fsp3) is 0.273. The summed E-state index contributed by atoms with van der Waals surface area (Å²) in [5.41, 5.74) is 1.18. The highest BCUT2D eigenvalue weighted by Crippen LogP contribution is 2.25. The zero-order valence-corrected chi connectivity index (χ0v) is 8.22. The molecule has 1 aliphatic rings. The fourth-order valence-electron chi connectivity index (χ4n) is 1.75. The molecule has 0 aliphatic carbocycles. The molecule has 0 saturated heterocycles. The van der Waals surface area contributed by atoms with Gasteiger partial charge in [0.1, 0.15) is 0 Å². The Hall–Kier alpha value is -1.84. The Bertz CT molecular complexity index is 401. The quantitative estimate of drug-likeness (QED) is 0.593. The Morgan fingerprint density at radius 2 is 2.33 bits per heavy atom. The summed E-state index contributed by atoms with van der Waals surface area (Å²) in [6, 6.07) is 6.85. The van der Waals surface area contributed by atoms with Gasteiger partial charge in [0.25, 0.3) is 5.69 Å². The molecule has 1 aromatic rings. The molecule has 1 atom stereocenters. The summed E-state index contributed by atoms with van der Waals surface area (Å²) in [6.45, 7) is 0.920. The maximum Gasteiger partial charge on any atom is 0.269 e. The predicted molar refractivity (Wildman–Crippen MR) is 57.6 cm³/mol. The number of non-ortho nitro benzene ring substituents is 1. The highest BCUT2D eigenvalue weighted by atomic mass is 16.6. The van der Waals surface area contributed by atoms with Crippen LogP contribution >= 0.6 is 0 Å². The van der Waals surface area contributed by atoms with E-state index in [-0.39, 0.29) is 10.6 Å².